The molecule has 0 fully saturated rings. The van der Waals surface area contributed by atoms with Gasteiger partial charge in [0.15, 0.2) is 0 Å². The van der Waals surface area contributed by atoms with E-state index in [9.17, 15) is 0 Å². The Morgan fingerprint density at radius 3 is 2.86 bits per heavy atom. The average Bonchev–Trinajstić information content (AvgIpc) is 2.63. The molecule has 2 heterocycles. The minimum absolute atomic E-state index is 0.864. The molecule has 0 spiro atoms. The van der Waals surface area contributed by atoms with Crippen LogP contribution in [0.5, 0.6) is 0 Å². The lowest BCUT2D eigenvalue weighted by Crippen LogP contribution is -2.02. The first-order valence-electron chi connectivity index (χ1n) is 4.43. The van der Waals surface area contributed by atoms with E-state index in [4.69, 9.17) is 0 Å². The van der Waals surface area contributed by atoms with Gasteiger partial charge in [-0.15, -0.1) is 0 Å². The van der Waals surface area contributed by atoms with Gasteiger partial charge < -0.3 is 0 Å². The van der Waals surface area contributed by atoms with Crippen LogP contribution in [0.1, 0.15) is 5.69 Å². The number of hydrogen-bond donors (Lipinski definition) is 0. The molecule has 0 aromatic carbocycles. The highest BCUT2D eigenvalue weighted by Crippen LogP contribution is 2.04. The van der Waals surface area contributed by atoms with E-state index in [0.717, 1.165) is 23.3 Å². The Bertz CT molecular complexity index is 397. The lowest BCUT2D eigenvalue weighted by atomic mass is 10.3. The van der Waals surface area contributed by atoms with Crippen LogP contribution in [0.25, 0.3) is 0 Å². The molecule has 0 aliphatic carbocycles. The molecule has 3 nitrogen and oxygen atoms in total. The second kappa shape index (κ2) is 4.37. The largest absolute Gasteiger partial charge is 0.271 e. The Morgan fingerprint density at radius 2 is 2.21 bits per heavy atom. The topological polar surface area (TPSA) is 30.7 Å². The standard InChI is InChI=1S/C10H10BrN3/c11-10-5-8-14(13-10)7-4-9-3-1-2-6-12-9/h1-3,5-6,8H,4,7H2. The molecule has 0 aliphatic heterocycles. The molecule has 0 unspecified atom stereocenters. The van der Waals surface area contributed by atoms with Gasteiger partial charge in [0.25, 0.3) is 0 Å². The third-order valence-corrected chi connectivity index (χ3v) is 2.35. The fourth-order valence-electron chi connectivity index (χ4n) is 1.24. The van der Waals surface area contributed by atoms with Crippen molar-refractivity contribution in [2.24, 2.45) is 0 Å². The number of rotatable bonds is 3. The molecule has 2 aromatic rings. The van der Waals surface area contributed by atoms with Gasteiger partial charge in [0.1, 0.15) is 4.60 Å². The van der Waals surface area contributed by atoms with Crippen LogP contribution in [-0.4, -0.2) is 14.8 Å². The third kappa shape index (κ3) is 2.42. The quantitative estimate of drug-likeness (QED) is 0.839. The summed E-state index contributed by atoms with van der Waals surface area (Å²) in [6.45, 7) is 0.864. The van der Waals surface area contributed by atoms with Crippen LogP contribution in [0, 0.1) is 0 Å². The fourth-order valence-corrected chi connectivity index (χ4v) is 1.56. The van der Waals surface area contributed by atoms with E-state index in [2.05, 4.69) is 26.0 Å². The summed E-state index contributed by atoms with van der Waals surface area (Å²) in [4.78, 5) is 4.25. The number of aryl methyl sites for hydroxylation is 2. The summed E-state index contributed by atoms with van der Waals surface area (Å²) >= 11 is 3.31. The SMILES string of the molecule is Brc1ccn(CCc2ccccn2)n1. The molecule has 2 rings (SSSR count). The predicted molar refractivity (Wildman–Crippen MR) is 57.9 cm³/mol. The molecule has 0 atom stereocenters. The van der Waals surface area contributed by atoms with Gasteiger partial charge in [-0.05, 0) is 34.1 Å². The summed E-state index contributed by atoms with van der Waals surface area (Å²) in [5.74, 6) is 0. The van der Waals surface area contributed by atoms with Crippen molar-refractivity contribution in [3.63, 3.8) is 0 Å². The molecular weight excluding hydrogens is 242 g/mol. The first-order chi connectivity index (χ1) is 6.84. The van der Waals surface area contributed by atoms with Gasteiger partial charge in [0, 0.05) is 31.1 Å². The Balaban J connectivity index is 1.95. The zero-order valence-electron chi connectivity index (χ0n) is 7.60. The Hall–Kier alpha value is -1.16. The minimum atomic E-state index is 0.864. The van der Waals surface area contributed by atoms with Crippen LogP contribution < -0.4 is 0 Å². The van der Waals surface area contributed by atoms with E-state index >= 15 is 0 Å². The van der Waals surface area contributed by atoms with Gasteiger partial charge in [-0.2, -0.15) is 5.10 Å². The van der Waals surface area contributed by atoms with E-state index in [1.165, 1.54) is 0 Å². The molecule has 0 saturated heterocycles. The van der Waals surface area contributed by atoms with Gasteiger partial charge in [-0.3, -0.25) is 9.67 Å². The van der Waals surface area contributed by atoms with Crippen molar-refractivity contribution in [2.45, 2.75) is 13.0 Å². The van der Waals surface area contributed by atoms with E-state index in [1.54, 1.807) is 0 Å². The van der Waals surface area contributed by atoms with E-state index < -0.39 is 0 Å². The maximum atomic E-state index is 4.25. The maximum Gasteiger partial charge on any atom is 0.128 e. The lowest BCUT2D eigenvalue weighted by Gasteiger charge is -2.00. The average molecular weight is 252 g/mol. The van der Waals surface area contributed by atoms with E-state index in [-0.39, 0.29) is 0 Å². The highest BCUT2D eigenvalue weighted by molar-refractivity contribution is 9.10. The normalized spacial score (nSPS) is 10.4. The summed E-state index contributed by atoms with van der Waals surface area (Å²) in [6, 6.07) is 7.88. The maximum absolute atomic E-state index is 4.25. The number of aromatic nitrogens is 3. The molecule has 0 N–H and O–H groups in total. The number of hydrogen-bond acceptors (Lipinski definition) is 2. The predicted octanol–water partition coefficient (Wildman–Crippen LogP) is 2.28. The molecule has 72 valence electrons. The van der Waals surface area contributed by atoms with Crippen LogP contribution in [0.2, 0.25) is 0 Å². The Labute approximate surface area is 90.9 Å². The Kier molecular flexibility index (Phi) is 2.93. The Morgan fingerprint density at radius 1 is 1.29 bits per heavy atom. The highest BCUT2D eigenvalue weighted by Gasteiger charge is 1.96. The number of nitrogens with zero attached hydrogens (tertiary/aromatic N) is 3. The zero-order chi connectivity index (χ0) is 9.80. The summed E-state index contributed by atoms with van der Waals surface area (Å²) in [6.07, 6.45) is 4.68. The smallest absolute Gasteiger partial charge is 0.128 e. The molecular formula is C10H10BrN3. The molecule has 4 heteroatoms. The van der Waals surface area contributed by atoms with Gasteiger partial charge in [-0.1, -0.05) is 6.07 Å². The third-order valence-electron chi connectivity index (χ3n) is 1.93. The minimum Gasteiger partial charge on any atom is -0.271 e. The molecule has 0 radical (unpaired) electrons. The van der Waals surface area contributed by atoms with Crippen molar-refractivity contribution in [1.29, 1.82) is 0 Å². The number of halogens is 1. The molecule has 0 amide bonds. The van der Waals surface area contributed by atoms with Gasteiger partial charge in [0.2, 0.25) is 0 Å². The summed E-state index contributed by atoms with van der Waals surface area (Å²) in [5, 5.41) is 4.23. The first kappa shape index (κ1) is 9.40. The van der Waals surface area contributed by atoms with Crippen LogP contribution >= 0.6 is 15.9 Å². The van der Waals surface area contributed by atoms with Crippen molar-refractivity contribution in [3.8, 4) is 0 Å². The van der Waals surface area contributed by atoms with Crippen molar-refractivity contribution < 1.29 is 0 Å². The van der Waals surface area contributed by atoms with Crippen LogP contribution in [0.4, 0.5) is 0 Å². The van der Waals surface area contributed by atoms with Gasteiger partial charge in [0.05, 0.1) is 0 Å². The molecule has 0 aliphatic rings. The van der Waals surface area contributed by atoms with Crippen molar-refractivity contribution in [2.75, 3.05) is 0 Å². The van der Waals surface area contributed by atoms with Crippen molar-refractivity contribution in [1.82, 2.24) is 14.8 Å². The second-order valence-corrected chi connectivity index (χ2v) is 3.79. The summed E-state index contributed by atoms with van der Waals surface area (Å²) < 4.78 is 2.78. The molecule has 14 heavy (non-hydrogen) atoms. The fraction of sp³-hybridized carbons (Fsp3) is 0.200. The van der Waals surface area contributed by atoms with Gasteiger partial charge in [-0.25, -0.2) is 0 Å². The van der Waals surface area contributed by atoms with E-state index in [0.29, 0.717) is 0 Å². The summed E-state index contributed by atoms with van der Waals surface area (Å²) in [7, 11) is 0. The van der Waals surface area contributed by atoms with Crippen LogP contribution in [0.3, 0.4) is 0 Å². The highest BCUT2D eigenvalue weighted by atomic mass is 79.9. The summed E-state index contributed by atoms with van der Waals surface area (Å²) in [5.41, 5.74) is 1.10. The number of pyridine rings is 1. The molecule has 0 bridgehead atoms. The second-order valence-electron chi connectivity index (χ2n) is 2.97. The molecule has 0 saturated carbocycles. The first-order valence-corrected chi connectivity index (χ1v) is 5.23. The van der Waals surface area contributed by atoms with E-state index in [1.807, 2.05) is 41.3 Å². The van der Waals surface area contributed by atoms with Crippen molar-refractivity contribution in [3.05, 3.63) is 47.0 Å². The lowest BCUT2D eigenvalue weighted by molar-refractivity contribution is 0.605. The van der Waals surface area contributed by atoms with Gasteiger partial charge >= 0.3 is 0 Å². The van der Waals surface area contributed by atoms with Crippen molar-refractivity contribution >= 4 is 15.9 Å². The molecule has 2 aromatic heterocycles. The zero-order valence-corrected chi connectivity index (χ0v) is 9.18. The monoisotopic (exact) mass is 251 g/mol. The van der Waals surface area contributed by atoms with Crippen LogP contribution in [-0.2, 0) is 13.0 Å². The van der Waals surface area contributed by atoms with Crippen LogP contribution in [0.15, 0.2) is 41.3 Å².